The molecule has 1 N–H and O–H groups in total. The van der Waals surface area contributed by atoms with Gasteiger partial charge in [-0.05, 0) is 41.1 Å². The third kappa shape index (κ3) is 4.08. The number of aromatic nitrogens is 1. The van der Waals surface area contributed by atoms with Crippen LogP contribution >= 0.6 is 15.9 Å². The Hall–Kier alpha value is -2.69. The summed E-state index contributed by atoms with van der Waals surface area (Å²) in [6.45, 7) is 1.43. The maximum atomic E-state index is 12.7. The van der Waals surface area contributed by atoms with E-state index in [0.29, 0.717) is 4.47 Å². The van der Waals surface area contributed by atoms with Gasteiger partial charge in [-0.1, -0.05) is 18.2 Å². The number of carbonyl (C=O) groups excluding carboxylic acids is 1. The molecule has 1 heterocycles. The van der Waals surface area contributed by atoms with Crippen molar-refractivity contribution < 1.29 is 22.7 Å². The summed E-state index contributed by atoms with van der Waals surface area (Å²) >= 11 is 3.41. The fourth-order valence-electron chi connectivity index (χ4n) is 2.65. The fourth-order valence-corrected chi connectivity index (χ4v) is 4.43. The normalized spacial score (nSPS) is 12.6. The first-order chi connectivity index (χ1) is 13.2. The van der Waals surface area contributed by atoms with Gasteiger partial charge in [-0.3, -0.25) is 10.1 Å². The van der Waals surface area contributed by atoms with Crippen LogP contribution in [0, 0.1) is 10.1 Å². The van der Waals surface area contributed by atoms with Gasteiger partial charge in [0, 0.05) is 22.9 Å². The highest BCUT2D eigenvalue weighted by Crippen LogP contribution is 2.21. The summed E-state index contributed by atoms with van der Waals surface area (Å²) in [4.78, 5) is 22.6. The van der Waals surface area contributed by atoms with E-state index >= 15 is 0 Å². The zero-order chi connectivity index (χ0) is 20.5. The van der Waals surface area contributed by atoms with Gasteiger partial charge in [0.15, 0.2) is 12.4 Å². The van der Waals surface area contributed by atoms with E-state index in [2.05, 4.69) is 20.7 Å². The van der Waals surface area contributed by atoms with Crippen molar-refractivity contribution in [2.45, 2.75) is 17.9 Å². The Kier molecular flexibility index (Phi) is 5.54. The van der Waals surface area contributed by atoms with Gasteiger partial charge in [0.05, 0.1) is 14.3 Å². The maximum Gasteiger partial charge on any atom is 0.409 e. The molecule has 0 fully saturated rings. The Bertz CT molecular complexity index is 1180. The number of nitrogens with zero attached hydrogens (tertiary/aromatic N) is 2. The Labute approximate surface area is 169 Å². The second-order valence-electron chi connectivity index (χ2n) is 6.03. The molecular formula is C18H15BrN3O5S+. The van der Waals surface area contributed by atoms with Crippen LogP contribution in [0.4, 0.5) is 5.69 Å². The second kappa shape index (κ2) is 7.74. The van der Waals surface area contributed by atoms with Crippen LogP contribution in [0.5, 0.6) is 0 Å². The molecule has 0 aliphatic carbocycles. The van der Waals surface area contributed by atoms with Gasteiger partial charge in [0.1, 0.15) is 6.04 Å². The molecule has 0 aliphatic heterocycles. The van der Waals surface area contributed by atoms with Crippen molar-refractivity contribution >= 4 is 48.3 Å². The minimum Gasteiger partial charge on any atom is -0.258 e. The number of rotatable bonds is 5. The summed E-state index contributed by atoms with van der Waals surface area (Å²) in [6, 6.07) is 10.8. The lowest BCUT2D eigenvalue weighted by Gasteiger charge is -2.10. The van der Waals surface area contributed by atoms with E-state index in [0.717, 1.165) is 35.0 Å². The lowest BCUT2D eigenvalue weighted by Crippen LogP contribution is -2.53. The maximum absolute atomic E-state index is 12.7. The number of hydrogen-bond donors (Lipinski definition) is 1. The topological polar surface area (TPSA) is 110 Å². The molecule has 3 rings (SSSR count). The van der Waals surface area contributed by atoms with Gasteiger partial charge in [-0.2, -0.15) is 4.72 Å². The van der Waals surface area contributed by atoms with Crippen molar-refractivity contribution in [3.05, 3.63) is 75.5 Å². The van der Waals surface area contributed by atoms with Gasteiger partial charge in [-0.25, -0.2) is 13.2 Å². The van der Waals surface area contributed by atoms with E-state index in [9.17, 15) is 23.3 Å². The molecule has 0 aliphatic rings. The highest BCUT2D eigenvalue weighted by Gasteiger charge is 2.29. The number of carbonyl (C=O) groups is 1. The number of hydrogen-bond acceptors (Lipinski definition) is 5. The largest absolute Gasteiger partial charge is 0.409 e. The van der Waals surface area contributed by atoms with Crippen LogP contribution < -0.4 is 9.29 Å². The van der Waals surface area contributed by atoms with Crippen LogP contribution in [0.2, 0.25) is 0 Å². The molecule has 10 heteroatoms. The number of fused-ring (bicyclic) bond motifs is 1. The summed E-state index contributed by atoms with van der Waals surface area (Å²) in [7, 11) is -4.03. The molecule has 1 atom stereocenters. The number of sulfonamides is 1. The predicted molar refractivity (Wildman–Crippen MR) is 105 cm³/mol. The first kappa shape index (κ1) is 20.1. The molecule has 0 saturated carbocycles. The van der Waals surface area contributed by atoms with Crippen LogP contribution in [-0.4, -0.2) is 25.3 Å². The van der Waals surface area contributed by atoms with Crippen molar-refractivity contribution in [3.63, 3.8) is 0 Å². The number of nitro groups is 1. The van der Waals surface area contributed by atoms with Crippen molar-refractivity contribution in [1.29, 1.82) is 0 Å². The average molecular weight is 465 g/mol. The summed E-state index contributed by atoms with van der Waals surface area (Å²) < 4.78 is 29.3. The molecular weight excluding hydrogens is 450 g/mol. The monoisotopic (exact) mass is 464 g/mol. The third-order valence-corrected chi connectivity index (χ3v) is 6.25. The van der Waals surface area contributed by atoms with Gasteiger partial charge in [0.25, 0.3) is 5.69 Å². The fraction of sp³-hybridized carbons (Fsp3) is 0.111. The minimum absolute atomic E-state index is 0.164. The standard InChI is InChI=1S/C18H15BrN3O5S/c1-12(20-28(26,27)15-8-6-14(7-9-15)22(24)25)18(23)21-10-13-4-2-3-5-16(13)17(19)11-21/h2-12,20H,1H3/q+1. The average Bonchev–Trinajstić information content (AvgIpc) is 2.67. The van der Waals surface area contributed by atoms with Crippen molar-refractivity contribution in [2.24, 2.45) is 0 Å². The number of halogens is 1. The molecule has 0 bridgehead atoms. The molecule has 28 heavy (non-hydrogen) atoms. The Morgan fingerprint density at radius 1 is 1.14 bits per heavy atom. The van der Waals surface area contributed by atoms with Gasteiger partial charge < -0.3 is 0 Å². The van der Waals surface area contributed by atoms with E-state index in [-0.39, 0.29) is 10.6 Å². The molecule has 3 aromatic rings. The quantitative estimate of drug-likeness (QED) is 0.354. The number of non-ortho nitro benzene ring substituents is 1. The molecule has 8 nitrogen and oxygen atoms in total. The highest BCUT2D eigenvalue weighted by molar-refractivity contribution is 9.10. The van der Waals surface area contributed by atoms with E-state index in [1.165, 1.54) is 11.5 Å². The van der Waals surface area contributed by atoms with Crippen LogP contribution in [0.15, 0.2) is 70.3 Å². The number of nitrogens with one attached hydrogen (secondary N) is 1. The highest BCUT2D eigenvalue weighted by atomic mass is 79.9. The van der Waals surface area contributed by atoms with Crippen molar-refractivity contribution in [1.82, 2.24) is 4.72 Å². The lowest BCUT2D eigenvalue weighted by atomic mass is 10.2. The molecule has 0 radical (unpaired) electrons. The van der Waals surface area contributed by atoms with Crippen LogP contribution in [0.3, 0.4) is 0 Å². The molecule has 0 amide bonds. The number of pyridine rings is 1. The SMILES string of the molecule is CC(NS(=O)(=O)c1ccc([N+](=O)[O-])cc1)C(=O)[n+]1cc(Br)c2ccccc2c1. The van der Waals surface area contributed by atoms with Crippen molar-refractivity contribution in [2.75, 3.05) is 0 Å². The van der Waals surface area contributed by atoms with Crippen LogP contribution in [0.1, 0.15) is 11.7 Å². The van der Waals surface area contributed by atoms with Gasteiger partial charge >= 0.3 is 5.91 Å². The van der Waals surface area contributed by atoms with Crippen molar-refractivity contribution in [3.8, 4) is 0 Å². The summed E-state index contributed by atoms with van der Waals surface area (Å²) in [6.07, 6.45) is 3.19. The smallest absolute Gasteiger partial charge is 0.258 e. The first-order valence-electron chi connectivity index (χ1n) is 8.09. The molecule has 2 aromatic carbocycles. The van der Waals surface area contributed by atoms with Crippen LogP contribution in [0.25, 0.3) is 10.8 Å². The Morgan fingerprint density at radius 3 is 2.43 bits per heavy atom. The zero-order valence-corrected chi connectivity index (χ0v) is 17.0. The van der Waals surface area contributed by atoms with E-state index in [1.54, 1.807) is 12.4 Å². The molecule has 0 saturated heterocycles. The van der Waals surface area contributed by atoms with E-state index in [4.69, 9.17) is 0 Å². The van der Waals surface area contributed by atoms with Gasteiger partial charge in [0.2, 0.25) is 10.0 Å². The number of benzene rings is 2. The summed E-state index contributed by atoms with van der Waals surface area (Å²) in [5.41, 5.74) is -0.223. The lowest BCUT2D eigenvalue weighted by molar-refractivity contribution is -0.574. The predicted octanol–water partition coefficient (Wildman–Crippen LogP) is 2.81. The Morgan fingerprint density at radius 2 is 1.79 bits per heavy atom. The molecule has 0 spiro atoms. The molecule has 144 valence electrons. The van der Waals surface area contributed by atoms with E-state index in [1.807, 2.05) is 24.3 Å². The number of nitro benzene ring substituents is 1. The van der Waals surface area contributed by atoms with Gasteiger partial charge in [-0.15, -0.1) is 4.57 Å². The zero-order valence-electron chi connectivity index (χ0n) is 14.6. The van der Waals surface area contributed by atoms with E-state index < -0.39 is 26.9 Å². The molecule has 1 unspecified atom stereocenters. The minimum atomic E-state index is -4.03. The van der Waals surface area contributed by atoms with Crippen LogP contribution in [-0.2, 0) is 10.0 Å². The molecule has 1 aromatic heterocycles. The first-order valence-corrected chi connectivity index (χ1v) is 10.4. The Balaban J connectivity index is 1.84. The second-order valence-corrected chi connectivity index (χ2v) is 8.60. The summed E-state index contributed by atoms with van der Waals surface area (Å²) in [5, 5.41) is 12.4. The third-order valence-electron chi connectivity index (χ3n) is 4.06. The summed E-state index contributed by atoms with van der Waals surface area (Å²) in [5.74, 6) is -0.475.